The Morgan fingerprint density at radius 3 is 1.92 bits per heavy atom. The minimum Gasteiger partial charge on any atom is -0.325 e. The third-order valence-corrected chi connectivity index (χ3v) is 10.5. The van der Waals surface area contributed by atoms with Crippen LogP contribution in [0.4, 0.5) is 5.69 Å². The molecule has 36 heavy (non-hydrogen) atoms. The number of para-hydroxylation sites is 1. The fraction of sp³-hybridized carbons (Fsp3) is 0.500. The highest BCUT2D eigenvalue weighted by molar-refractivity contribution is 7.89. The third-order valence-electron chi connectivity index (χ3n) is 7.01. The zero-order chi connectivity index (χ0) is 25.6. The van der Waals surface area contributed by atoms with Crippen molar-refractivity contribution in [3.8, 4) is 0 Å². The maximum absolute atomic E-state index is 13.7. The lowest BCUT2D eigenvalue weighted by molar-refractivity contribution is -0.116. The molecule has 0 saturated heterocycles. The molecule has 0 bridgehead atoms. The van der Waals surface area contributed by atoms with Crippen LogP contribution in [0.25, 0.3) is 0 Å². The van der Waals surface area contributed by atoms with Gasteiger partial charge < -0.3 is 5.32 Å². The van der Waals surface area contributed by atoms with Crippen molar-refractivity contribution >= 4 is 31.6 Å². The van der Waals surface area contributed by atoms with Gasteiger partial charge >= 0.3 is 0 Å². The van der Waals surface area contributed by atoms with Gasteiger partial charge in [0.2, 0.25) is 26.0 Å². The van der Waals surface area contributed by atoms with Gasteiger partial charge in [-0.3, -0.25) is 4.79 Å². The molecule has 2 aromatic carbocycles. The molecule has 0 unspecified atom stereocenters. The molecule has 2 saturated carbocycles. The van der Waals surface area contributed by atoms with Gasteiger partial charge in [0, 0.05) is 17.8 Å². The summed E-state index contributed by atoms with van der Waals surface area (Å²) in [5, 5.41) is 2.77. The van der Waals surface area contributed by atoms with E-state index >= 15 is 0 Å². The summed E-state index contributed by atoms with van der Waals surface area (Å²) in [6, 6.07) is 13.9. The van der Waals surface area contributed by atoms with E-state index in [-0.39, 0.29) is 28.4 Å². The lowest BCUT2D eigenvalue weighted by atomic mass is 9.95. The molecule has 196 valence electrons. The molecule has 2 aliphatic carbocycles. The normalized spacial score (nSPS) is 18.2. The van der Waals surface area contributed by atoms with Gasteiger partial charge in [0.1, 0.15) is 0 Å². The molecule has 2 aromatic rings. The maximum Gasteiger partial charge on any atom is 0.243 e. The Bertz CT molecular complexity index is 1220. The SMILES string of the molecule is O=C(CN(C1CCCCC1)S(=O)(=O)c1ccc(S(=O)(=O)NC2CCCCC2)cc1)Nc1ccccc1. The number of amides is 1. The van der Waals surface area contributed by atoms with Gasteiger partial charge in [-0.1, -0.05) is 56.7 Å². The molecule has 0 aromatic heterocycles. The van der Waals surface area contributed by atoms with Crippen LogP contribution in [0, 0.1) is 0 Å². The van der Waals surface area contributed by atoms with Crippen molar-refractivity contribution in [2.24, 2.45) is 0 Å². The smallest absolute Gasteiger partial charge is 0.243 e. The Morgan fingerprint density at radius 2 is 1.31 bits per heavy atom. The molecule has 0 heterocycles. The molecule has 10 heteroatoms. The van der Waals surface area contributed by atoms with E-state index in [1.54, 1.807) is 24.3 Å². The summed E-state index contributed by atoms with van der Waals surface area (Å²) in [5.74, 6) is -0.411. The number of benzene rings is 2. The number of hydrogen-bond donors (Lipinski definition) is 2. The van der Waals surface area contributed by atoms with E-state index in [2.05, 4.69) is 10.0 Å². The fourth-order valence-corrected chi connectivity index (χ4v) is 8.02. The van der Waals surface area contributed by atoms with E-state index in [0.29, 0.717) is 18.5 Å². The van der Waals surface area contributed by atoms with Gasteiger partial charge in [0.25, 0.3) is 0 Å². The van der Waals surface area contributed by atoms with Crippen molar-refractivity contribution in [3.63, 3.8) is 0 Å². The Labute approximate surface area is 214 Å². The molecule has 0 radical (unpaired) electrons. The van der Waals surface area contributed by atoms with Gasteiger partial charge in [-0.05, 0) is 62.1 Å². The molecule has 8 nitrogen and oxygen atoms in total. The summed E-state index contributed by atoms with van der Waals surface area (Å²) >= 11 is 0. The van der Waals surface area contributed by atoms with Crippen LogP contribution >= 0.6 is 0 Å². The fourth-order valence-electron chi connectivity index (χ4n) is 5.08. The number of carbonyl (C=O) groups excluding carboxylic acids is 1. The Balaban J connectivity index is 1.53. The molecular weight excluding hydrogens is 498 g/mol. The number of carbonyl (C=O) groups is 1. The minimum atomic E-state index is -4.02. The zero-order valence-electron chi connectivity index (χ0n) is 20.4. The first kappa shape index (κ1) is 26.8. The second kappa shape index (κ2) is 11.9. The van der Waals surface area contributed by atoms with Crippen LogP contribution in [-0.2, 0) is 24.8 Å². The quantitative estimate of drug-likeness (QED) is 0.500. The standard InChI is InChI=1S/C26H35N3O5S2/c30-26(27-21-10-4-1-5-11-21)20-29(23-14-8-3-9-15-23)36(33,34)25-18-16-24(17-19-25)35(31,32)28-22-12-6-2-7-13-22/h1,4-5,10-11,16-19,22-23,28H,2-3,6-9,12-15,20H2,(H,27,30). The highest BCUT2D eigenvalue weighted by Crippen LogP contribution is 2.29. The summed E-state index contributed by atoms with van der Waals surface area (Å²) in [6.07, 6.45) is 8.97. The first-order chi connectivity index (χ1) is 17.3. The summed E-state index contributed by atoms with van der Waals surface area (Å²) in [6.45, 7) is -0.300. The summed E-state index contributed by atoms with van der Waals surface area (Å²) < 4.78 is 57.1. The lowest BCUT2D eigenvalue weighted by Crippen LogP contribution is -2.45. The van der Waals surface area contributed by atoms with Crippen LogP contribution in [0.3, 0.4) is 0 Å². The number of rotatable bonds is 9. The van der Waals surface area contributed by atoms with Crippen molar-refractivity contribution in [1.82, 2.24) is 9.03 Å². The summed E-state index contributed by atoms with van der Waals surface area (Å²) in [5.41, 5.74) is 0.600. The van der Waals surface area contributed by atoms with Crippen LogP contribution in [-0.4, -0.2) is 45.7 Å². The summed E-state index contributed by atoms with van der Waals surface area (Å²) in [7, 11) is -7.76. The second-order valence-corrected chi connectivity index (χ2v) is 13.3. The average Bonchev–Trinajstić information content (AvgIpc) is 2.89. The van der Waals surface area contributed by atoms with E-state index in [1.165, 1.54) is 28.6 Å². The zero-order valence-corrected chi connectivity index (χ0v) is 22.1. The van der Waals surface area contributed by atoms with Gasteiger partial charge in [0.05, 0.1) is 16.3 Å². The molecule has 0 aliphatic heterocycles. The number of hydrogen-bond acceptors (Lipinski definition) is 5. The average molecular weight is 534 g/mol. The highest BCUT2D eigenvalue weighted by atomic mass is 32.2. The van der Waals surface area contributed by atoms with E-state index < -0.39 is 26.0 Å². The van der Waals surface area contributed by atoms with Gasteiger partial charge in [0.15, 0.2) is 0 Å². The molecule has 4 rings (SSSR count). The van der Waals surface area contributed by atoms with Crippen LogP contribution in [0.5, 0.6) is 0 Å². The minimum absolute atomic E-state index is 0.0165. The monoisotopic (exact) mass is 533 g/mol. The van der Waals surface area contributed by atoms with Crippen LogP contribution in [0.2, 0.25) is 0 Å². The van der Waals surface area contributed by atoms with Crippen molar-refractivity contribution in [1.29, 1.82) is 0 Å². The Morgan fingerprint density at radius 1 is 0.750 bits per heavy atom. The van der Waals surface area contributed by atoms with E-state index in [4.69, 9.17) is 0 Å². The maximum atomic E-state index is 13.7. The first-order valence-electron chi connectivity index (χ1n) is 12.7. The summed E-state index contributed by atoms with van der Waals surface area (Å²) in [4.78, 5) is 12.8. The van der Waals surface area contributed by atoms with E-state index in [0.717, 1.165) is 51.4 Å². The van der Waals surface area contributed by atoms with Crippen LogP contribution < -0.4 is 10.0 Å². The second-order valence-electron chi connectivity index (χ2n) is 9.68. The molecule has 0 spiro atoms. The molecule has 0 atom stereocenters. The molecule has 2 fully saturated rings. The largest absolute Gasteiger partial charge is 0.325 e. The number of sulfonamides is 2. The predicted molar refractivity (Wildman–Crippen MR) is 139 cm³/mol. The van der Waals surface area contributed by atoms with Crippen molar-refractivity contribution in [2.75, 3.05) is 11.9 Å². The first-order valence-corrected chi connectivity index (χ1v) is 15.7. The van der Waals surface area contributed by atoms with Gasteiger partial charge in [-0.25, -0.2) is 21.6 Å². The van der Waals surface area contributed by atoms with Gasteiger partial charge in [-0.2, -0.15) is 4.31 Å². The topological polar surface area (TPSA) is 113 Å². The number of nitrogens with one attached hydrogen (secondary N) is 2. The Hall–Kier alpha value is -2.27. The molecule has 2 aliphatic rings. The van der Waals surface area contributed by atoms with Crippen LogP contribution in [0.1, 0.15) is 64.2 Å². The van der Waals surface area contributed by atoms with Crippen molar-refractivity contribution in [3.05, 3.63) is 54.6 Å². The number of anilines is 1. The van der Waals surface area contributed by atoms with Crippen LogP contribution in [0.15, 0.2) is 64.4 Å². The predicted octanol–water partition coefficient (Wildman–Crippen LogP) is 4.26. The van der Waals surface area contributed by atoms with E-state index in [1.807, 2.05) is 6.07 Å². The molecule has 2 N–H and O–H groups in total. The highest BCUT2D eigenvalue weighted by Gasteiger charge is 2.34. The van der Waals surface area contributed by atoms with Gasteiger partial charge in [-0.15, -0.1) is 0 Å². The molecule has 1 amide bonds. The molecular formula is C26H35N3O5S2. The third kappa shape index (κ3) is 6.73. The lowest BCUT2D eigenvalue weighted by Gasteiger charge is -2.33. The Kier molecular flexibility index (Phi) is 8.82. The van der Waals surface area contributed by atoms with Crippen molar-refractivity contribution in [2.45, 2.75) is 86.1 Å². The number of nitrogens with zero attached hydrogens (tertiary/aromatic N) is 1. The van der Waals surface area contributed by atoms with E-state index in [9.17, 15) is 21.6 Å². The van der Waals surface area contributed by atoms with Crippen molar-refractivity contribution < 1.29 is 21.6 Å².